The van der Waals surface area contributed by atoms with Crippen LogP contribution in [0.4, 0.5) is 10.1 Å². The molecule has 0 aromatic heterocycles. The molecule has 0 aliphatic carbocycles. The predicted octanol–water partition coefficient (Wildman–Crippen LogP) is 5.34. The third kappa shape index (κ3) is 3.59. The largest absolute Gasteiger partial charge is 0.366 e. The third-order valence-electron chi connectivity index (χ3n) is 2.76. The van der Waals surface area contributed by atoms with Crippen LogP contribution >= 0.6 is 31.9 Å². The Hall–Kier alpha value is -1.38. The highest BCUT2D eigenvalue weighted by molar-refractivity contribution is 9.13. The third-order valence-corrected chi connectivity index (χ3v) is 4.64. The molecule has 0 radical (unpaired) electrons. The molecule has 2 rings (SSSR count). The van der Waals surface area contributed by atoms with Crippen LogP contribution in [-0.4, -0.2) is 0 Å². The van der Waals surface area contributed by atoms with Gasteiger partial charge in [-0.1, -0.05) is 6.07 Å². The van der Waals surface area contributed by atoms with Crippen molar-refractivity contribution < 1.29 is 4.39 Å². The van der Waals surface area contributed by atoms with Crippen molar-refractivity contribution in [2.75, 3.05) is 5.32 Å². The number of aryl methyl sites for hydroxylation is 1. The van der Waals surface area contributed by atoms with Gasteiger partial charge < -0.3 is 5.32 Å². The Kier molecular flexibility index (Phi) is 4.79. The van der Waals surface area contributed by atoms with Crippen molar-refractivity contribution in [3.05, 3.63) is 62.3 Å². The van der Waals surface area contributed by atoms with Crippen LogP contribution in [0.1, 0.15) is 17.2 Å². The molecule has 0 bridgehead atoms. The Morgan fingerprint density at radius 1 is 1.15 bits per heavy atom. The smallest absolute Gasteiger partial charge is 0.140 e. The molecule has 20 heavy (non-hydrogen) atoms. The number of hydrogen-bond acceptors (Lipinski definition) is 2. The first kappa shape index (κ1) is 15.0. The van der Waals surface area contributed by atoms with Gasteiger partial charge >= 0.3 is 0 Å². The van der Waals surface area contributed by atoms with E-state index in [2.05, 4.69) is 43.2 Å². The van der Waals surface area contributed by atoms with Crippen LogP contribution in [0, 0.1) is 24.1 Å². The van der Waals surface area contributed by atoms with Crippen LogP contribution in [0.3, 0.4) is 0 Å². The zero-order valence-electron chi connectivity index (χ0n) is 10.6. The zero-order chi connectivity index (χ0) is 14.7. The number of hydrogen-bond donors (Lipinski definition) is 1. The monoisotopic (exact) mass is 396 g/mol. The van der Waals surface area contributed by atoms with Gasteiger partial charge in [0, 0.05) is 14.6 Å². The lowest BCUT2D eigenvalue weighted by molar-refractivity contribution is 0.627. The fourth-order valence-corrected chi connectivity index (χ4v) is 2.51. The maximum Gasteiger partial charge on any atom is 0.140 e. The minimum Gasteiger partial charge on any atom is -0.366 e. The summed E-state index contributed by atoms with van der Waals surface area (Å²) in [6.07, 6.45) is 0. The number of rotatable bonds is 3. The molecule has 5 heteroatoms. The Bertz CT molecular complexity index is 660. The SMILES string of the molecule is Cc1cc(F)cc(NC(C#N)c2ccc(Br)c(Br)c2)c1. The molecule has 102 valence electrons. The van der Waals surface area contributed by atoms with E-state index in [9.17, 15) is 9.65 Å². The fourth-order valence-electron chi connectivity index (χ4n) is 1.87. The van der Waals surface area contributed by atoms with Crippen molar-refractivity contribution in [2.45, 2.75) is 13.0 Å². The van der Waals surface area contributed by atoms with Crippen LogP contribution < -0.4 is 5.32 Å². The molecule has 1 atom stereocenters. The lowest BCUT2D eigenvalue weighted by Crippen LogP contribution is -2.09. The Morgan fingerprint density at radius 2 is 1.90 bits per heavy atom. The van der Waals surface area contributed by atoms with Crippen LogP contribution in [-0.2, 0) is 0 Å². The van der Waals surface area contributed by atoms with Crippen molar-refractivity contribution >= 4 is 37.5 Å². The molecule has 0 aliphatic rings. The summed E-state index contributed by atoms with van der Waals surface area (Å²) >= 11 is 6.79. The van der Waals surface area contributed by atoms with E-state index in [4.69, 9.17) is 0 Å². The van der Waals surface area contributed by atoms with Crippen molar-refractivity contribution in [3.8, 4) is 6.07 Å². The molecular weight excluding hydrogens is 387 g/mol. The Labute approximate surface area is 133 Å². The number of benzene rings is 2. The average Bonchev–Trinajstić information content (AvgIpc) is 2.38. The van der Waals surface area contributed by atoms with Gasteiger partial charge in [0.05, 0.1) is 6.07 Å². The molecule has 0 fully saturated rings. The highest BCUT2D eigenvalue weighted by atomic mass is 79.9. The first-order chi connectivity index (χ1) is 9.49. The lowest BCUT2D eigenvalue weighted by Gasteiger charge is -2.14. The van der Waals surface area contributed by atoms with Crippen LogP contribution in [0.15, 0.2) is 45.3 Å². The van der Waals surface area contributed by atoms with E-state index in [1.54, 1.807) is 6.07 Å². The first-order valence-electron chi connectivity index (χ1n) is 5.88. The average molecular weight is 398 g/mol. The summed E-state index contributed by atoms with van der Waals surface area (Å²) in [5.41, 5.74) is 2.21. The highest BCUT2D eigenvalue weighted by Crippen LogP contribution is 2.28. The van der Waals surface area contributed by atoms with Crippen molar-refractivity contribution in [3.63, 3.8) is 0 Å². The van der Waals surface area contributed by atoms with E-state index in [-0.39, 0.29) is 5.82 Å². The van der Waals surface area contributed by atoms with Crippen LogP contribution in [0.25, 0.3) is 0 Å². The molecule has 0 aliphatic heterocycles. The molecule has 0 spiro atoms. The number of halogens is 3. The van der Waals surface area contributed by atoms with Gasteiger partial charge in [0.1, 0.15) is 11.9 Å². The van der Waals surface area contributed by atoms with Gasteiger partial charge in [-0.15, -0.1) is 0 Å². The maximum absolute atomic E-state index is 13.4. The normalized spacial score (nSPS) is 11.8. The van der Waals surface area contributed by atoms with Crippen LogP contribution in [0.2, 0.25) is 0 Å². The summed E-state index contributed by atoms with van der Waals surface area (Å²) in [4.78, 5) is 0. The van der Waals surface area contributed by atoms with Gasteiger partial charge in [0.25, 0.3) is 0 Å². The Morgan fingerprint density at radius 3 is 2.50 bits per heavy atom. The second-order valence-corrected chi connectivity index (χ2v) is 6.11. The molecule has 2 aromatic carbocycles. The van der Waals surface area contributed by atoms with E-state index in [0.717, 1.165) is 20.1 Å². The first-order valence-corrected chi connectivity index (χ1v) is 7.46. The van der Waals surface area contributed by atoms with Gasteiger partial charge in [-0.25, -0.2) is 4.39 Å². The van der Waals surface area contributed by atoms with Crippen molar-refractivity contribution in [2.24, 2.45) is 0 Å². The maximum atomic E-state index is 13.4. The predicted molar refractivity (Wildman–Crippen MR) is 85.0 cm³/mol. The van der Waals surface area contributed by atoms with E-state index >= 15 is 0 Å². The van der Waals surface area contributed by atoms with Crippen molar-refractivity contribution in [1.29, 1.82) is 5.26 Å². The molecule has 0 saturated carbocycles. The van der Waals surface area contributed by atoms with Gasteiger partial charge in [-0.05, 0) is 80.2 Å². The molecular formula is C15H11Br2FN2. The van der Waals surface area contributed by atoms with E-state index in [1.807, 2.05) is 25.1 Å². The summed E-state index contributed by atoms with van der Waals surface area (Å²) < 4.78 is 15.1. The molecule has 1 N–H and O–H groups in total. The van der Waals surface area contributed by atoms with Crippen molar-refractivity contribution in [1.82, 2.24) is 0 Å². The number of nitrogens with zero attached hydrogens (tertiary/aromatic N) is 1. The fraction of sp³-hybridized carbons (Fsp3) is 0.133. The minimum atomic E-state index is -0.541. The molecule has 2 aromatic rings. The standard InChI is InChI=1S/C15H11Br2FN2/c1-9-4-11(18)7-12(5-9)20-15(8-19)10-2-3-13(16)14(17)6-10/h2-7,15,20H,1H3. The van der Waals surface area contributed by atoms with Gasteiger partial charge in [-0.2, -0.15) is 5.26 Å². The molecule has 0 heterocycles. The summed E-state index contributed by atoms with van der Waals surface area (Å²) in [6, 6.07) is 11.8. The quantitative estimate of drug-likeness (QED) is 0.758. The summed E-state index contributed by atoms with van der Waals surface area (Å²) in [5.74, 6) is -0.318. The summed E-state index contributed by atoms with van der Waals surface area (Å²) in [5, 5.41) is 12.3. The lowest BCUT2D eigenvalue weighted by atomic mass is 10.1. The second-order valence-electron chi connectivity index (χ2n) is 4.40. The number of nitriles is 1. The number of nitrogens with one attached hydrogen (secondary N) is 1. The minimum absolute atomic E-state index is 0.318. The molecule has 2 nitrogen and oxygen atoms in total. The summed E-state index contributed by atoms with van der Waals surface area (Å²) in [6.45, 7) is 1.81. The Balaban J connectivity index is 2.29. The second kappa shape index (κ2) is 6.38. The molecule has 0 saturated heterocycles. The molecule has 1 unspecified atom stereocenters. The van der Waals surface area contributed by atoms with Gasteiger partial charge in [0.15, 0.2) is 0 Å². The van der Waals surface area contributed by atoms with Gasteiger partial charge in [-0.3, -0.25) is 0 Å². The highest BCUT2D eigenvalue weighted by Gasteiger charge is 2.12. The zero-order valence-corrected chi connectivity index (χ0v) is 13.8. The van der Waals surface area contributed by atoms with Crippen LogP contribution in [0.5, 0.6) is 0 Å². The molecule has 0 amide bonds. The van der Waals surface area contributed by atoms with E-state index in [1.165, 1.54) is 12.1 Å². The topological polar surface area (TPSA) is 35.8 Å². The van der Waals surface area contributed by atoms with E-state index in [0.29, 0.717) is 5.69 Å². The van der Waals surface area contributed by atoms with Gasteiger partial charge in [0.2, 0.25) is 0 Å². The summed E-state index contributed by atoms with van der Waals surface area (Å²) in [7, 11) is 0. The number of anilines is 1. The van der Waals surface area contributed by atoms with E-state index < -0.39 is 6.04 Å².